The van der Waals surface area contributed by atoms with Crippen molar-refractivity contribution < 1.29 is 13.2 Å². The normalized spacial score (nSPS) is 16.0. The molecular formula is C18H21N5O3S. The van der Waals surface area contributed by atoms with Crippen molar-refractivity contribution in [3.05, 3.63) is 41.2 Å². The molecule has 0 spiro atoms. The van der Waals surface area contributed by atoms with Crippen LogP contribution in [0.3, 0.4) is 0 Å². The minimum atomic E-state index is -3.63. The number of hydrogen-bond acceptors (Lipinski definition) is 5. The first-order valence-corrected chi connectivity index (χ1v) is 10.1. The fourth-order valence-corrected chi connectivity index (χ4v) is 5.12. The largest absolute Gasteiger partial charge is 0.326 e. The molecule has 1 aliphatic heterocycles. The van der Waals surface area contributed by atoms with E-state index in [4.69, 9.17) is 5.26 Å². The number of hydrogen-bond donors (Lipinski definition) is 2. The number of nitriles is 1. The van der Waals surface area contributed by atoms with Crippen molar-refractivity contribution >= 4 is 21.6 Å². The van der Waals surface area contributed by atoms with Crippen LogP contribution in [-0.4, -0.2) is 41.9 Å². The summed E-state index contributed by atoms with van der Waals surface area (Å²) in [7, 11) is -3.63. The van der Waals surface area contributed by atoms with Gasteiger partial charge in [-0.2, -0.15) is 14.7 Å². The summed E-state index contributed by atoms with van der Waals surface area (Å²) in [6.07, 6.45) is 0.887. The topological polar surface area (TPSA) is 119 Å². The Balaban J connectivity index is 1.65. The van der Waals surface area contributed by atoms with E-state index in [0.717, 1.165) is 0 Å². The Morgan fingerprint density at radius 1 is 1.33 bits per heavy atom. The Labute approximate surface area is 158 Å². The van der Waals surface area contributed by atoms with E-state index in [2.05, 4.69) is 15.5 Å². The summed E-state index contributed by atoms with van der Waals surface area (Å²) < 4.78 is 27.1. The number of anilines is 1. The van der Waals surface area contributed by atoms with Gasteiger partial charge in [-0.3, -0.25) is 9.89 Å². The van der Waals surface area contributed by atoms with E-state index in [1.165, 1.54) is 4.31 Å². The number of nitrogens with one attached hydrogen (secondary N) is 2. The molecule has 9 heteroatoms. The predicted octanol–water partition coefficient (Wildman–Crippen LogP) is 1.94. The lowest BCUT2D eigenvalue weighted by Crippen LogP contribution is -2.41. The van der Waals surface area contributed by atoms with Crippen molar-refractivity contribution in [3.63, 3.8) is 0 Å². The van der Waals surface area contributed by atoms with Crippen LogP contribution >= 0.6 is 0 Å². The van der Waals surface area contributed by atoms with Gasteiger partial charge in [0.2, 0.25) is 15.9 Å². The molecule has 27 heavy (non-hydrogen) atoms. The molecule has 142 valence electrons. The second-order valence-electron chi connectivity index (χ2n) is 6.62. The molecule has 0 bridgehead atoms. The average molecular weight is 387 g/mol. The summed E-state index contributed by atoms with van der Waals surface area (Å²) in [5, 5.41) is 18.4. The standard InChI is InChI=1S/C18H21N5O3S/c1-12-17(13(2)22-21-12)27(25,26)23-8-6-15(7-9-23)18(24)20-16-5-3-4-14(10-16)11-19/h3-5,10,15H,6-9H2,1-2H3,(H,20,24)(H,21,22). The van der Waals surface area contributed by atoms with Crippen LogP contribution in [-0.2, 0) is 14.8 Å². The molecule has 0 saturated carbocycles. The number of sulfonamides is 1. The summed E-state index contributed by atoms with van der Waals surface area (Å²) in [6.45, 7) is 3.90. The lowest BCUT2D eigenvalue weighted by molar-refractivity contribution is -0.120. The monoisotopic (exact) mass is 387 g/mol. The van der Waals surface area contributed by atoms with Gasteiger partial charge >= 0.3 is 0 Å². The second kappa shape index (κ2) is 7.50. The zero-order valence-electron chi connectivity index (χ0n) is 15.2. The number of nitrogens with zero attached hydrogens (tertiary/aromatic N) is 3. The lowest BCUT2D eigenvalue weighted by atomic mass is 9.97. The van der Waals surface area contributed by atoms with E-state index < -0.39 is 10.0 Å². The molecule has 2 heterocycles. The Morgan fingerprint density at radius 2 is 2.04 bits per heavy atom. The highest BCUT2D eigenvalue weighted by molar-refractivity contribution is 7.89. The van der Waals surface area contributed by atoms with E-state index in [1.54, 1.807) is 38.1 Å². The zero-order valence-corrected chi connectivity index (χ0v) is 16.0. The van der Waals surface area contributed by atoms with Gasteiger partial charge in [0.1, 0.15) is 4.90 Å². The van der Waals surface area contributed by atoms with Crippen LogP contribution in [0.1, 0.15) is 29.8 Å². The quantitative estimate of drug-likeness (QED) is 0.831. The minimum absolute atomic E-state index is 0.155. The van der Waals surface area contributed by atoms with Crippen molar-refractivity contribution in [2.75, 3.05) is 18.4 Å². The van der Waals surface area contributed by atoms with Crippen molar-refractivity contribution in [3.8, 4) is 6.07 Å². The molecule has 1 amide bonds. The molecule has 1 aromatic heterocycles. The number of aromatic amines is 1. The van der Waals surface area contributed by atoms with E-state index in [9.17, 15) is 13.2 Å². The maximum absolute atomic E-state index is 12.9. The number of benzene rings is 1. The van der Waals surface area contributed by atoms with Crippen LogP contribution in [0, 0.1) is 31.1 Å². The van der Waals surface area contributed by atoms with Gasteiger partial charge in [0, 0.05) is 24.7 Å². The zero-order chi connectivity index (χ0) is 19.6. The van der Waals surface area contributed by atoms with Crippen LogP contribution in [0.15, 0.2) is 29.2 Å². The third kappa shape index (κ3) is 3.86. The van der Waals surface area contributed by atoms with Crippen molar-refractivity contribution in [1.82, 2.24) is 14.5 Å². The number of aromatic nitrogens is 2. The number of carbonyl (C=O) groups is 1. The highest BCUT2D eigenvalue weighted by Crippen LogP contribution is 2.27. The predicted molar refractivity (Wildman–Crippen MR) is 99.3 cm³/mol. The van der Waals surface area contributed by atoms with Crippen molar-refractivity contribution in [1.29, 1.82) is 5.26 Å². The van der Waals surface area contributed by atoms with Gasteiger partial charge in [0.15, 0.2) is 0 Å². The lowest BCUT2D eigenvalue weighted by Gasteiger charge is -2.30. The van der Waals surface area contributed by atoms with Crippen LogP contribution in [0.2, 0.25) is 0 Å². The summed E-state index contributed by atoms with van der Waals surface area (Å²) >= 11 is 0. The number of H-pyrrole nitrogens is 1. The molecule has 0 radical (unpaired) electrons. The molecular weight excluding hydrogens is 366 g/mol. The highest BCUT2D eigenvalue weighted by atomic mass is 32.2. The van der Waals surface area contributed by atoms with E-state index in [-0.39, 0.29) is 29.8 Å². The van der Waals surface area contributed by atoms with Gasteiger partial charge in [0.05, 0.1) is 23.0 Å². The minimum Gasteiger partial charge on any atom is -0.326 e. The van der Waals surface area contributed by atoms with Crippen molar-refractivity contribution in [2.45, 2.75) is 31.6 Å². The third-order valence-electron chi connectivity index (χ3n) is 4.74. The Morgan fingerprint density at radius 3 is 2.63 bits per heavy atom. The average Bonchev–Trinajstić information content (AvgIpc) is 3.01. The van der Waals surface area contributed by atoms with E-state index in [0.29, 0.717) is 35.5 Å². The fraction of sp³-hybridized carbons (Fsp3) is 0.389. The number of amides is 1. The molecule has 0 unspecified atom stereocenters. The Kier molecular flexibility index (Phi) is 5.30. The number of aryl methyl sites for hydroxylation is 2. The first kappa shape index (κ1) is 19.1. The Hall–Kier alpha value is -2.70. The van der Waals surface area contributed by atoms with Crippen LogP contribution < -0.4 is 5.32 Å². The van der Waals surface area contributed by atoms with Gasteiger partial charge in [-0.05, 0) is 44.9 Å². The number of carbonyl (C=O) groups excluding carboxylic acids is 1. The molecule has 1 saturated heterocycles. The molecule has 8 nitrogen and oxygen atoms in total. The van der Waals surface area contributed by atoms with Gasteiger partial charge in [-0.25, -0.2) is 8.42 Å². The SMILES string of the molecule is Cc1n[nH]c(C)c1S(=O)(=O)N1CCC(C(=O)Nc2cccc(C#N)c2)CC1. The summed E-state index contributed by atoms with van der Waals surface area (Å²) in [4.78, 5) is 12.7. The van der Waals surface area contributed by atoms with Crippen LogP contribution in [0.4, 0.5) is 5.69 Å². The van der Waals surface area contributed by atoms with Crippen LogP contribution in [0.5, 0.6) is 0 Å². The maximum Gasteiger partial charge on any atom is 0.246 e. The first-order valence-electron chi connectivity index (χ1n) is 8.65. The molecule has 1 fully saturated rings. The molecule has 0 aliphatic carbocycles. The number of piperidine rings is 1. The van der Waals surface area contributed by atoms with Gasteiger partial charge < -0.3 is 5.32 Å². The molecule has 3 rings (SSSR count). The summed E-state index contributed by atoms with van der Waals surface area (Å²) in [5.41, 5.74) is 2.01. The fourth-order valence-electron chi connectivity index (χ4n) is 3.32. The van der Waals surface area contributed by atoms with Gasteiger partial charge in [0.25, 0.3) is 0 Å². The van der Waals surface area contributed by atoms with Crippen molar-refractivity contribution in [2.24, 2.45) is 5.92 Å². The first-order chi connectivity index (χ1) is 12.8. The molecule has 0 atom stereocenters. The molecule has 1 aliphatic rings. The van der Waals surface area contributed by atoms with E-state index >= 15 is 0 Å². The second-order valence-corrected chi connectivity index (χ2v) is 8.50. The number of rotatable bonds is 4. The molecule has 2 N–H and O–H groups in total. The smallest absolute Gasteiger partial charge is 0.246 e. The summed E-state index contributed by atoms with van der Waals surface area (Å²) in [6, 6.07) is 8.74. The van der Waals surface area contributed by atoms with E-state index in [1.807, 2.05) is 6.07 Å². The maximum atomic E-state index is 12.9. The van der Waals surface area contributed by atoms with Crippen LogP contribution in [0.25, 0.3) is 0 Å². The van der Waals surface area contributed by atoms with Gasteiger partial charge in [-0.15, -0.1) is 0 Å². The van der Waals surface area contributed by atoms with Gasteiger partial charge in [-0.1, -0.05) is 6.07 Å². The highest BCUT2D eigenvalue weighted by Gasteiger charge is 2.34. The molecule has 1 aromatic carbocycles. The summed E-state index contributed by atoms with van der Waals surface area (Å²) in [5.74, 6) is -0.424. The third-order valence-corrected chi connectivity index (χ3v) is 6.90. The molecule has 2 aromatic rings. The Bertz CT molecular complexity index is 979.